The summed E-state index contributed by atoms with van der Waals surface area (Å²) in [7, 11) is -3.16. The normalized spacial score (nSPS) is 11.7. The van der Waals surface area contributed by atoms with E-state index in [1.54, 1.807) is 0 Å². The lowest BCUT2D eigenvalue weighted by Gasteiger charge is -2.08. The Bertz CT molecular complexity index is 288. The van der Waals surface area contributed by atoms with Gasteiger partial charge in [0.1, 0.15) is 0 Å². The van der Waals surface area contributed by atoms with E-state index in [0.717, 1.165) is 6.26 Å². The van der Waals surface area contributed by atoms with Crippen LogP contribution in [0.1, 0.15) is 13.8 Å². The molecule has 0 fully saturated rings. The summed E-state index contributed by atoms with van der Waals surface area (Å²) in [5, 5.41) is 5.53. The van der Waals surface area contributed by atoms with Crippen LogP contribution in [0.2, 0.25) is 0 Å². The molecule has 0 bridgehead atoms. The Labute approximate surface area is 90.9 Å². The van der Waals surface area contributed by atoms with E-state index in [0.29, 0.717) is 6.54 Å². The summed E-state index contributed by atoms with van der Waals surface area (Å²) in [6.45, 7) is 4.64. The third-order valence-corrected chi connectivity index (χ3v) is 2.21. The predicted molar refractivity (Wildman–Crippen MR) is 59.0 cm³/mol. The average molecular weight is 237 g/mol. The van der Waals surface area contributed by atoms with Gasteiger partial charge in [-0.3, -0.25) is 4.79 Å². The lowest BCUT2D eigenvalue weighted by atomic mass is 10.4. The Morgan fingerprint density at radius 2 is 1.87 bits per heavy atom. The molecule has 3 N–H and O–H groups in total. The quantitative estimate of drug-likeness (QED) is 0.478. The van der Waals surface area contributed by atoms with Gasteiger partial charge in [-0.25, -0.2) is 13.1 Å². The van der Waals surface area contributed by atoms with Crippen molar-refractivity contribution in [3.63, 3.8) is 0 Å². The first-order valence-corrected chi connectivity index (χ1v) is 6.65. The molecular weight excluding hydrogens is 218 g/mol. The highest BCUT2D eigenvalue weighted by molar-refractivity contribution is 7.88. The van der Waals surface area contributed by atoms with Crippen LogP contribution in [0.5, 0.6) is 0 Å². The number of carbonyl (C=O) groups is 1. The molecule has 0 saturated carbocycles. The number of rotatable bonds is 7. The predicted octanol–water partition coefficient (Wildman–Crippen LogP) is -1.35. The minimum Gasteiger partial charge on any atom is -0.354 e. The minimum absolute atomic E-state index is 0.140. The highest BCUT2D eigenvalue weighted by Crippen LogP contribution is 1.75. The highest BCUT2D eigenvalue weighted by Gasteiger charge is 2.02. The molecule has 0 aromatic heterocycles. The Kier molecular flexibility index (Phi) is 6.46. The molecule has 0 aromatic rings. The highest BCUT2D eigenvalue weighted by atomic mass is 32.2. The molecule has 15 heavy (non-hydrogen) atoms. The van der Waals surface area contributed by atoms with Gasteiger partial charge in [-0.1, -0.05) is 13.8 Å². The van der Waals surface area contributed by atoms with Gasteiger partial charge in [0.15, 0.2) is 0 Å². The molecule has 0 radical (unpaired) electrons. The van der Waals surface area contributed by atoms with E-state index in [2.05, 4.69) is 15.4 Å². The SMILES string of the molecule is CC(C)NCC(=O)NCCNS(C)(=O)=O. The van der Waals surface area contributed by atoms with Crippen LogP contribution < -0.4 is 15.4 Å². The largest absolute Gasteiger partial charge is 0.354 e. The van der Waals surface area contributed by atoms with Crippen molar-refractivity contribution in [2.24, 2.45) is 0 Å². The summed E-state index contributed by atoms with van der Waals surface area (Å²) in [6, 6.07) is 0.255. The molecule has 0 rings (SSSR count). The van der Waals surface area contributed by atoms with E-state index in [4.69, 9.17) is 0 Å². The van der Waals surface area contributed by atoms with Crippen molar-refractivity contribution in [3.8, 4) is 0 Å². The minimum atomic E-state index is -3.16. The molecule has 90 valence electrons. The molecule has 6 nitrogen and oxygen atoms in total. The van der Waals surface area contributed by atoms with Crippen LogP contribution in [-0.2, 0) is 14.8 Å². The summed E-state index contributed by atoms with van der Waals surface area (Å²) in [6.07, 6.45) is 1.08. The summed E-state index contributed by atoms with van der Waals surface area (Å²) in [5.41, 5.74) is 0. The Morgan fingerprint density at radius 3 is 2.33 bits per heavy atom. The van der Waals surface area contributed by atoms with E-state index in [1.807, 2.05) is 13.8 Å². The standard InChI is InChI=1S/C8H19N3O3S/c1-7(2)10-6-8(12)9-4-5-11-15(3,13)14/h7,10-11H,4-6H2,1-3H3,(H,9,12). The van der Waals surface area contributed by atoms with E-state index in [1.165, 1.54) is 0 Å². The number of hydrogen-bond acceptors (Lipinski definition) is 4. The maximum atomic E-state index is 11.1. The zero-order valence-corrected chi connectivity index (χ0v) is 10.1. The average Bonchev–Trinajstić information content (AvgIpc) is 2.07. The second kappa shape index (κ2) is 6.76. The molecular formula is C8H19N3O3S. The summed E-state index contributed by atoms with van der Waals surface area (Å²) < 4.78 is 23.6. The molecule has 0 spiro atoms. The molecule has 1 amide bonds. The number of carbonyl (C=O) groups excluding carboxylic acids is 1. The Morgan fingerprint density at radius 1 is 1.27 bits per heavy atom. The van der Waals surface area contributed by atoms with Crippen LogP contribution in [0.3, 0.4) is 0 Å². The summed E-state index contributed by atoms with van der Waals surface area (Å²) in [4.78, 5) is 11.1. The van der Waals surface area contributed by atoms with Gasteiger partial charge in [0.25, 0.3) is 0 Å². The van der Waals surface area contributed by atoms with Gasteiger partial charge in [-0.15, -0.1) is 0 Å². The lowest BCUT2D eigenvalue weighted by Crippen LogP contribution is -2.40. The number of nitrogens with one attached hydrogen (secondary N) is 3. The fourth-order valence-corrected chi connectivity index (χ4v) is 1.27. The molecule has 0 aliphatic carbocycles. The van der Waals surface area contributed by atoms with Crippen molar-refractivity contribution in [1.82, 2.24) is 15.4 Å². The first kappa shape index (κ1) is 14.3. The zero-order valence-electron chi connectivity index (χ0n) is 9.33. The van der Waals surface area contributed by atoms with Gasteiger partial charge < -0.3 is 10.6 Å². The van der Waals surface area contributed by atoms with Crippen LogP contribution in [0.15, 0.2) is 0 Å². The van der Waals surface area contributed by atoms with Gasteiger partial charge in [0, 0.05) is 19.1 Å². The maximum Gasteiger partial charge on any atom is 0.234 e. The van der Waals surface area contributed by atoms with Gasteiger partial charge in [0.05, 0.1) is 12.8 Å². The van der Waals surface area contributed by atoms with E-state index >= 15 is 0 Å². The van der Waals surface area contributed by atoms with Gasteiger partial charge in [-0.2, -0.15) is 0 Å². The van der Waals surface area contributed by atoms with Crippen molar-refractivity contribution in [2.45, 2.75) is 19.9 Å². The van der Waals surface area contributed by atoms with Gasteiger partial charge in [0.2, 0.25) is 15.9 Å². The van der Waals surface area contributed by atoms with Gasteiger partial charge >= 0.3 is 0 Å². The molecule has 0 aliphatic rings. The van der Waals surface area contributed by atoms with Crippen LogP contribution in [0, 0.1) is 0 Å². The van der Waals surface area contributed by atoms with Gasteiger partial charge in [-0.05, 0) is 0 Å². The molecule has 0 heterocycles. The third-order valence-electron chi connectivity index (χ3n) is 1.48. The van der Waals surface area contributed by atoms with Crippen molar-refractivity contribution >= 4 is 15.9 Å². The topological polar surface area (TPSA) is 87.3 Å². The van der Waals surface area contributed by atoms with E-state index < -0.39 is 10.0 Å². The number of sulfonamides is 1. The van der Waals surface area contributed by atoms with E-state index in [9.17, 15) is 13.2 Å². The second-order valence-corrected chi connectivity index (χ2v) is 5.39. The first-order valence-electron chi connectivity index (χ1n) is 4.76. The molecule has 7 heteroatoms. The fourth-order valence-electron chi connectivity index (χ4n) is 0.798. The number of hydrogen-bond donors (Lipinski definition) is 3. The molecule has 0 unspecified atom stereocenters. The molecule has 0 aromatic carbocycles. The Hall–Kier alpha value is -0.660. The zero-order chi connectivity index (χ0) is 11.9. The van der Waals surface area contributed by atoms with Crippen molar-refractivity contribution in [1.29, 1.82) is 0 Å². The second-order valence-electron chi connectivity index (χ2n) is 3.55. The maximum absolute atomic E-state index is 11.1. The van der Waals surface area contributed by atoms with Crippen molar-refractivity contribution < 1.29 is 13.2 Å². The van der Waals surface area contributed by atoms with Crippen molar-refractivity contribution in [3.05, 3.63) is 0 Å². The van der Waals surface area contributed by atoms with E-state index in [-0.39, 0.29) is 25.0 Å². The molecule has 0 saturated heterocycles. The van der Waals surface area contributed by atoms with Crippen LogP contribution in [-0.4, -0.2) is 46.3 Å². The summed E-state index contributed by atoms with van der Waals surface area (Å²) >= 11 is 0. The smallest absolute Gasteiger partial charge is 0.234 e. The number of amides is 1. The first-order chi connectivity index (χ1) is 6.81. The summed E-state index contributed by atoms with van der Waals surface area (Å²) in [5.74, 6) is -0.140. The Balaban J connectivity index is 3.48. The third kappa shape index (κ3) is 11.3. The molecule has 0 aliphatic heterocycles. The van der Waals surface area contributed by atoms with Crippen LogP contribution >= 0.6 is 0 Å². The monoisotopic (exact) mass is 237 g/mol. The molecule has 0 atom stereocenters. The van der Waals surface area contributed by atoms with Crippen molar-refractivity contribution in [2.75, 3.05) is 25.9 Å². The van der Waals surface area contributed by atoms with Crippen LogP contribution in [0.25, 0.3) is 0 Å². The lowest BCUT2D eigenvalue weighted by molar-refractivity contribution is -0.120. The van der Waals surface area contributed by atoms with Crippen LogP contribution in [0.4, 0.5) is 0 Å². The fraction of sp³-hybridized carbons (Fsp3) is 0.875.